The molecule has 0 atom stereocenters. The van der Waals surface area contributed by atoms with Crippen molar-refractivity contribution in [1.29, 1.82) is 0 Å². The highest BCUT2D eigenvalue weighted by Crippen LogP contribution is 2.11. The van der Waals surface area contributed by atoms with Crippen molar-refractivity contribution in [2.75, 3.05) is 5.73 Å². The van der Waals surface area contributed by atoms with Crippen LogP contribution in [-0.4, -0.2) is 15.7 Å². The normalized spacial score (nSPS) is 10.4. The van der Waals surface area contributed by atoms with Gasteiger partial charge in [-0.25, -0.2) is 0 Å². The van der Waals surface area contributed by atoms with Gasteiger partial charge in [-0.1, -0.05) is 0 Å². The van der Waals surface area contributed by atoms with Gasteiger partial charge in [0.05, 0.1) is 11.9 Å². The zero-order valence-corrected chi connectivity index (χ0v) is 10.3. The van der Waals surface area contributed by atoms with E-state index in [2.05, 4.69) is 10.4 Å². The number of nitrogens with zero attached hydrogens (tertiary/aromatic N) is 2. The van der Waals surface area contributed by atoms with Crippen LogP contribution in [0.3, 0.4) is 0 Å². The van der Waals surface area contributed by atoms with Crippen LogP contribution >= 0.6 is 11.3 Å². The van der Waals surface area contributed by atoms with Crippen LogP contribution in [0.25, 0.3) is 0 Å². The Morgan fingerprint density at radius 3 is 3.12 bits per heavy atom. The Kier molecular flexibility index (Phi) is 3.43. The number of nitrogens with two attached hydrogens (primary N) is 1. The summed E-state index contributed by atoms with van der Waals surface area (Å²) >= 11 is 1.61. The summed E-state index contributed by atoms with van der Waals surface area (Å²) in [6.45, 7) is 3.05. The highest BCUT2D eigenvalue weighted by atomic mass is 32.1. The largest absolute Gasteiger partial charge is 0.396 e. The number of thiophene rings is 1. The first-order valence-corrected chi connectivity index (χ1v) is 6.27. The standard InChI is InChI=1S/C11H14N4OS/c1-2-15-10(9(12)6-14-15)11(16)13-5-8-3-4-17-7-8/h3-4,6-7H,2,5,12H2,1H3,(H,13,16). The first-order chi connectivity index (χ1) is 8.22. The Morgan fingerprint density at radius 1 is 1.65 bits per heavy atom. The van der Waals surface area contributed by atoms with E-state index in [1.165, 1.54) is 6.20 Å². The lowest BCUT2D eigenvalue weighted by Crippen LogP contribution is -2.26. The van der Waals surface area contributed by atoms with Crippen molar-refractivity contribution in [2.45, 2.75) is 20.0 Å². The number of hydrogen-bond acceptors (Lipinski definition) is 4. The Hall–Kier alpha value is -1.82. The average Bonchev–Trinajstić information content (AvgIpc) is 2.94. The Balaban J connectivity index is 2.06. The molecule has 5 nitrogen and oxygen atoms in total. The van der Waals surface area contributed by atoms with Gasteiger partial charge >= 0.3 is 0 Å². The van der Waals surface area contributed by atoms with Gasteiger partial charge in [0.1, 0.15) is 5.69 Å². The van der Waals surface area contributed by atoms with Gasteiger partial charge in [0.25, 0.3) is 5.91 Å². The second-order valence-electron chi connectivity index (χ2n) is 3.58. The number of hydrogen-bond donors (Lipinski definition) is 2. The molecule has 0 aliphatic carbocycles. The first-order valence-electron chi connectivity index (χ1n) is 5.33. The van der Waals surface area contributed by atoms with Gasteiger partial charge < -0.3 is 11.1 Å². The second kappa shape index (κ2) is 5.01. The van der Waals surface area contributed by atoms with Crippen molar-refractivity contribution in [3.05, 3.63) is 34.3 Å². The smallest absolute Gasteiger partial charge is 0.271 e. The predicted octanol–water partition coefficient (Wildman–Crippen LogP) is 1.48. The van der Waals surface area contributed by atoms with Gasteiger partial charge in [-0.15, -0.1) is 0 Å². The zero-order valence-electron chi connectivity index (χ0n) is 9.51. The fourth-order valence-corrected chi connectivity index (χ4v) is 2.22. The van der Waals surface area contributed by atoms with E-state index in [0.29, 0.717) is 24.5 Å². The summed E-state index contributed by atoms with van der Waals surface area (Å²) in [5.41, 5.74) is 7.66. The van der Waals surface area contributed by atoms with Gasteiger partial charge in [-0.2, -0.15) is 16.4 Å². The van der Waals surface area contributed by atoms with Crippen LogP contribution in [0.15, 0.2) is 23.0 Å². The minimum absolute atomic E-state index is 0.187. The maximum absolute atomic E-state index is 12.0. The molecule has 0 saturated heterocycles. The van der Waals surface area contributed by atoms with E-state index in [-0.39, 0.29) is 5.91 Å². The van der Waals surface area contributed by atoms with Crippen molar-refractivity contribution in [3.63, 3.8) is 0 Å². The molecule has 0 fully saturated rings. The van der Waals surface area contributed by atoms with Gasteiger partial charge in [0, 0.05) is 13.1 Å². The summed E-state index contributed by atoms with van der Waals surface area (Å²) in [7, 11) is 0. The molecule has 0 radical (unpaired) electrons. The van der Waals surface area contributed by atoms with Crippen molar-refractivity contribution in [3.8, 4) is 0 Å². The molecule has 6 heteroatoms. The molecule has 3 N–H and O–H groups in total. The fourth-order valence-electron chi connectivity index (χ4n) is 1.55. The number of amides is 1. The molecule has 2 rings (SSSR count). The topological polar surface area (TPSA) is 72.9 Å². The third kappa shape index (κ3) is 2.47. The van der Waals surface area contributed by atoms with Crippen LogP contribution in [0.2, 0.25) is 0 Å². The summed E-state index contributed by atoms with van der Waals surface area (Å²) in [6, 6.07) is 1.98. The number of aryl methyl sites for hydroxylation is 1. The van der Waals surface area contributed by atoms with Crippen LogP contribution in [0.5, 0.6) is 0 Å². The number of anilines is 1. The van der Waals surface area contributed by atoms with Crippen LogP contribution in [0.4, 0.5) is 5.69 Å². The quantitative estimate of drug-likeness (QED) is 0.863. The molecule has 0 spiro atoms. The molecule has 1 amide bonds. The van der Waals surface area contributed by atoms with Gasteiger partial charge in [-0.05, 0) is 29.3 Å². The number of rotatable bonds is 4. The number of aromatic nitrogens is 2. The van der Waals surface area contributed by atoms with E-state index in [4.69, 9.17) is 5.73 Å². The lowest BCUT2D eigenvalue weighted by molar-refractivity contribution is 0.0941. The molecule has 2 aromatic rings. The fraction of sp³-hybridized carbons (Fsp3) is 0.273. The molecule has 0 aromatic carbocycles. The number of nitrogens with one attached hydrogen (secondary N) is 1. The van der Waals surface area contributed by atoms with E-state index in [9.17, 15) is 4.79 Å². The number of nitrogen functional groups attached to an aromatic ring is 1. The molecule has 17 heavy (non-hydrogen) atoms. The molecule has 0 aliphatic rings. The lowest BCUT2D eigenvalue weighted by atomic mass is 10.3. The molecule has 0 aliphatic heterocycles. The molecule has 90 valence electrons. The van der Waals surface area contributed by atoms with Gasteiger partial charge in [0.2, 0.25) is 0 Å². The van der Waals surface area contributed by atoms with Crippen molar-refractivity contribution in [1.82, 2.24) is 15.1 Å². The predicted molar refractivity (Wildman–Crippen MR) is 67.8 cm³/mol. The van der Waals surface area contributed by atoms with E-state index in [0.717, 1.165) is 5.56 Å². The first kappa shape index (κ1) is 11.7. The Morgan fingerprint density at radius 2 is 2.47 bits per heavy atom. The molecule has 0 unspecified atom stereocenters. The van der Waals surface area contributed by atoms with E-state index < -0.39 is 0 Å². The highest BCUT2D eigenvalue weighted by Gasteiger charge is 2.15. The molecule has 0 saturated carbocycles. The van der Waals surface area contributed by atoms with Crippen LogP contribution in [-0.2, 0) is 13.1 Å². The summed E-state index contributed by atoms with van der Waals surface area (Å²) in [4.78, 5) is 12.0. The second-order valence-corrected chi connectivity index (χ2v) is 4.36. The summed E-state index contributed by atoms with van der Waals surface area (Å²) in [5, 5.41) is 10.8. The van der Waals surface area contributed by atoms with Crippen LogP contribution < -0.4 is 11.1 Å². The zero-order chi connectivity index (χ0) is 12.3. The summed E-state index contributed by atoms with van der Waals surface area (Å²) < 4.78 is 1.60. The van der Waals surface area contributed by atoms with E-state index in [1.807, 2.05) is 23.8 Å². The molecule has 2 heterocycles. The summed E-state index contributed by atoms with van der Waals surface area (Å²) in [5.74, 6) is -0.187. The minimum Gasteiger partial charge on any atom is -0.396 e. The monoisotopic (exact) mass is 250 g/mol. The van der Waals surface area contributed by atoms with Crippen molar-refractivity contribution >= 4 is 22.9 Å². The Bertz CT molecular complexity index is 504. The van der Waals surface area contributed by atoms with E-state index in [1.54, 1.807) is 16.0 Å². The Labute approximate surface area is 103 Å². The van der Waals surface area contributed by atoms with Crippen molar-refractivity contribution < 1.29 is 4.79 Å². The third-order valence-corrected chi connectivity index (χ3v) is 3.15. The van der Waals surface area contributed by atoms with Crippen LogP contribution in [0, 0.1) is 0 Å². The minimum atomic E-state index is -0.187. The molecule has 0 bridgehead atoms. The molecule has 2 aromatic heterocycles. The third-order valence-electron chi connectivity index (χ3n) is 2.42. The van der Waals surface area contributed by atoms with Crippen molar-refractivity contribution in [2.24, 2.45) is 0 Å². The maximum Gasteiger partial charge on any atom is 0.271 e. The lowest BCUT2D eigenvalue weighted by Gasteiger charge is -2.06. The summed E-state index contributed by atoms with van der Waals surface area (Å²) in [6.07, 6.45) is 1.50. The SMILES string of the molecule is CCn1ncc(N)c1C(=O)NCc1ccsc1. The van der Waals surface area contributed by atoms with Crippen LogP contribution in [0.1, 0.15) is 23.0 Å². The number of carbonyl (C=O) groups is 1. The van der Waals surface area contributed by atoms with E-state index >= 15 is 0 Å². The van der Waals surface area contributed by atoms with Gasteiger partial charge in [0.15, 0.2) is 0 Å². The molecular formula is C11H14N4OS. The highest BCUT2D eigenvalue weighted by molar-refractivity contribution is 7.07. The average molecular weight is 250 g/mol. The molecular weight excluding hydrogens is 236 g/mol. The number of carbonyl (C=O) groups excluding carboxylic acids is 1. The maximum atomic E-state index is 12.0. The van der Waals surface area contributed by atoms with Gasteiger partial charge in [-0.3, -0.25) is 9.48 Å².